The Morgan fingerprint density at radius 3 is 2.19 bits per heavy atom. The van der Waals surface area contributed by atoms with Gasteiger partial charge in [0.25, 0.3) is 0 Å². The largest absolute Gasteiger partial charge is 0.491 e. The Bertz CT molecular complexity index is 395. The molecule has 0 amide bonds. The van der Waals surface area contributed by atoms with Crippen molar-refractivity contribution >= 4 is 0 Å². The lowest BCUT2D eigenvalue weighted by Crippen LogP contribution is -2.22. The lowest BCUT2D eigenvalue weighted by Gasteiger charge is -2.15. The van der Waals surface area contributed by atoms with E-state index in [1.165, 1.54) is 16.7 Å². The molecule has 0 aromatic heterocycles. The van der Waals surface area contributed by atoms with Crippen molar-refractivity contribution in [3.8, 4) is 5.75 Å². The quantitative estimate of drug-likeness (QED) is 0.674. The van der Waals surface area contributed by atoms with Crippen LogP contribution in [0.5, 0.6) is 5.75 Å². The molecule has 0 radical (unpaired) electrons. The van der Waals surface area contributed by atoms with E-state index in [4.69, 9.17) is 14.2 Å². The standard InChI is InChI=1S/C17H29NO3/c1-13(2)18-12-16-10-14(3)17(15(4)11-16)21-9-8-20-7-6-19-5/h10-11,13,18H,6-9,12H2,1-5H3. The summed E-state index contributed by atoms with van der Waals surface area (Å²) < 4.78 is 16.2. The molecule has 0 aliphatic carbocycles. The Morgan fingerprint density at radius 2 is 1.62 bits per heavy atom. The van der Waals surface area contributed by atoms with Gasteiger partial charge in [0.1, 0.15) is 12.4 Å². The second kappa shape index (κ2) is 9.77. The molecule has 120 valence electrons. The fourth-order valence-corrected chi connectivity index (χ4v) is 2.14. The number of rotatable bonds is 10. The highest BCUT2D eigenvalue weighted by atomic mass is 16.5. The van der Waals surface area contributed by atoms with Crippen molar-refractivity contribution in [2.45, 2.75) is 40.3 Å². The van der Waals surface area contributed by atoms with Gasteiger partial charge in [-0.25, -0.2) is 0 Å². The first-order valence-corrected chi connectivity index (χ1v) is 7.57. The van der Waals surface area contributed by atoms with Gasteiger partial charge < -0.3 is 19.5 Å². The molecule has 0 aliphatic heterocycles. The van der Waals surface area contributed by atoms with Crippen molar-refractivity contribution in [3.05, 3.63) is 28.8 Å². The second-order valence-electron chi connectivity index (χ2n) is 5.55. The second-order valence-corrected chi connectivity index (χ2v) is 5.55. The lowest BCUT2D eigenvalue weighted by molar-refractivity contribution is 0.0542. The molecule has 0 fully saturated rings. The van der Waals surface area contributed by atoms with E-state index in [1.807, 2.05) is 0 Å². The highest BCUT2D eigenvalue weighted by Gasteiger charge is 2.07. The number of nitrogens with one attached hydrogen (secondary N) is 1. The minimum absolute atomic E-state index is 0.491. The van der Waals surface area contributed by atoms with Crippen molar-refractivity contribution in [3.63, 3.8) is 0 Å². The molecule has 21 heavy (non-hydrogen) atoms. The number of benzene rings is 1. The molecule has 0 saturated carbocycles. The van der Waals surface area contributed by atoms with Gasteiger partial charge in [-0.05, 0) is 30.5 Å². The smallest absolute Gasteiger partial charge is 0.125 e. The third kappa shape index (κ3) is 6.93. The summed E-state index contributed by atoms with van der Waals surface area (Å²) in [5.41, 5.74) is 3.64. The fourth-order valence-electron chi connectivity index (χ4n) is 2.14. The molecule has 1 aromatic carbocycles. The average Bonchev–Trinajstić information content (AvgIpc) is 2.42. The first kappa shape index (κ1) is 18.0. The summed E-state index contributed by atoms with van der Waals surface area (Å²) in [5, 5.41) is 3.43. The maximum atomic E-state index is 5.84. The molecule has 4 heteroatoms. The third-order valence-electron chi connectivity index (χ3n) is 3.14. The van der Waals surface area contributed by atoms with Crippen LogP contribution in [0.3, 0.4) is 0 Å². The topological polar surface area (TPSA) is 39.7 Å². The van der Waals surface area contributed by atoms with Crippen LogP contribution in [0.15, 0.2) is 12.1 Å². The van der Waals surface area contributed by atoms with E-state index in [1.54, 1.807) is 7.11 Å². The third-order valence-corrected chi connectivity index (χ3v) is 3.14. The van der Waals surface area contributed by atoms with Crippen LogP contribution < -0.4 is 10.1 Å². The van der Waals surface area contributed by atoms with Crippen LogP contribution in [-0.4, -0.2) is 39.6 Å². The normalized spacial score (nSPS) is 11.1. The van der Waals surface area contributed by atoms with Gasteiger partial charge in [0.05, 0.1) is 19.8 Å². The van der Waals surface area contributed by atoms with E-state index in [9.17, 15) is 0 Å². The SMILES string of the molecule is COCCOCCOc1c(C)cc(CNC(C)C)cc1C. The molecule has 0 saturated heterocycles. The molecule has 0 unspecified atom stereocenters. The maximum Gasteiger partial charge on any atom is 0.125 e. The van der Waals surface area contributed by atoms with E-state index in [0.29, 0.717) is 32.5 Å². The summed E-state index contributed by atoms with van der Waals surface area (Å²) >= 11 is 0. The number of hydrogen-bond donors (Lipinski definition) is 1. The zero-order valence-electron chi connectivity index (χ0n) is 14.0. The summed E-state index contributed by atoms with van der Waals surface area (Å²) in [4.78, 5) is 0. The van der Waals surface area contributed by atoms with Crippen molar-refractivity contribution in [1.29, 1.82) is 0 Å². The minimum atomic E-state index is 0.491. The first-order valence-electron chi connectivity index (χ1n) is 7.57. The summed E-state index contributed by atoms with van der Waals surface area (Å²) in [6.45, 7) is 11.8. The predicted octanol–water partition coefficient (Wildman–Crippen LogP) is 2.84. The van der Waals surface area contributed by atoms with Crippen molar-refractivity contribution in [2.24, 2.45) is 0 Å². The molecule has 0 bridgehead atoms. The summed E-state index contributed by atoms with van der Waals surface area (Å²) in [5.74, 6) is 0.971. The van der Waals surface area contributed by atoms with Crippen molar-refractivity contribution in [2.75, 3.05) is 33.5 Å². The number of methoxy groups -OCH3 is 1. The molecule has 0 heterocycles. The summed E-state index contributed by atoms with van der Waals surface area (Å²) in [6.07, 6.45) is 0. The Labute approximate surface area is 128 Å². The van der Waals surface area contributed by atoms with Gasteiger partial charge in [-0.15, -0.1) is 0 Å². The monoisotopic (exact) mass is 295 g/mol. The van der Waals surface area contributed by atoms with Crippen molar-refractivity contribution in [1.82, 2.24) is 5.32 Å². The van der Waals surface area contributed by atoms with Crippen molar-refractivity contribution < 1.29 is 14.2 Å². The molecular weight excluding hydrogens is 266 g/mol. The van der Waals surface area contributed by atoms with Gasteiger partial charge in [-0.1, -0.05) is 26.0 Å². The molecule has 4 nitrogen and oxygen atoms in total. The van der Waals surface area contributed by atoms with Crippen LogP contribution in [0.2, 0.25) is 0 Å². The van der Waals surface area contributed by atoms with E-state index in [0.717, 1.165) is 12.3 Å². The molecule has 0 atom stereocenters. The fraction of sp³-hybridized carbons (Fsp3) is 0.647. The van der Waals surface area contributed by atoms with Gasteiger partial charge in [-0.3, -0.25) is 0 Å². The van der Waals surface area contributed by atoms with Crippen LogP contribution in [0, 0.1) is 13.8 Å². The van der Waals surface area contributed by atoms with E-state index in [2.05, 4.69) is 45.1 Å². The van der Waals surface area contributed by atoms with Crippen LogP contribution >= 0.6 is 0 Å². The molecule has 0 spiro atoms. The zero-order chi connectivity index (χ0) is 15.7. The van der Waals surface area contributed by atoms with E-state index >= 15 is 0 Å². The van der Waals surface area contributed by atoms with Gasteiger partial charge in [0, 0.05) is 19.7 Å². The highest BCUT2D eigenvalue weighted by Crippen LogP contribution is 2.24. The number of ether oxygens (including phenoxy) is 3. The lowest BCUT2D eigenvalue weighted by atomic mass is 10.1. The Hall–Kier alpha value is -1.10. The molecule has 0 aliphatic rings. The summed E-state index contributed by atoms with van der Waals surface area (Å²) in [7, 11) is 1.67. The van der Waals surface area contributed by atoms with E-state index in [-0.39, 0.29) is 0 Å². The zero-order valence-corrected chi connectivity index (χ0v) is 14.0. The average molecular weight is 295 g/mol. The highest BCUT2D eigenvalue weighted by molar-refractivity contribution is 5.43. The number of aryl methyl sites for hydroxylation is 2. The van der Waals surface area contributed by atoms with Crippen LogP contribution in [0.4, 0.5) is 0 Å². The Kier molecular flexibility index (Phi) is 8.35. The van der Waals surface area contributed by atoms with Gasteiger partial charge in [-0.2, -0.15) is 0 Å². The predicted molar refractivity (Wildman–Crippen MR) is 86.1 cm³/mol. The van der Waals surface area contributed by atoms with Gasteiger partial charge in [0.15, 0.2) is 0 Å². The molecular formula is C17H29NO3. The maximum absolute atomic E-state index is 5.84. The van der Waals surface area contributed by atoms with Gasteiger partial charge in [0.2, 0.25) is 0 Å². The van der Waals surface area contributed by atoms with Crippen LogP contribution in [0.1, 0.15) is 30.5 Å². The van der Waals surface area contributed by atoms with E-state index < -0.39 is 0 Å². The molecule has 1 N–H and O–H groups in total. The van der Waals surface area contributed by atoms with Crippen LogP contribution in [-0.2, 0) is 16.0 Å². The number of hydrogen-bond acceptors (Lipinski definition) is 4. The Morgan fingerprint density at radius 1 is 1.00 bits per heavy atom. The molecule has 1 rings (SSSR count). The Balaban J connectivity index is 2.47. The minimum Gasteiger partial charge on any atom is -0.491 e. The molecule has 1 aromatic rings. The summed E-state index contributed by atoms with van der Waals surface area (Å²) in [6, 6.07) is 4.86. The van der Waals surface area contributed by atoms with Crippen LogP contribution in [0.25, 0.3) is 0 Å². The first-order chi connectivity index (χ1) is 10.0. The van der Waals surface area contributed by atoms with Gasteiger partial charge >= 0.3 is 0 Å².